The van der Waals surface area contributed by atoms with Crippen molar-refractivity contribution in [3.63, 3.8) is 0 Å². The number of benzene rings is 2. The molecule has 0 saturated carbocycles. The third-order valence-corrected chi connectivity index (χ3v) is 3.23. The average Bonchev–Trinajstić information content (AvgIpc) is 2.38. The summed E-state index contributed by atoms with van der Waals surface area (Å²) in [6.07, 6.45) is 0. The maximum atomic E-state index is 11.7. The maximum Gasteiger partial charge on any atom is 0.230 e. The maximum absolute atomic E-state index is 11.7. The van der Waals surface area contributed by atoms with Crippen LogP contribution in [0.4, 0.5) is 0 Å². The van der Waals surface area contributed by atoms with E-state index >= 15 is 0 Å². The summed E-state index contributed by atoms with van der Waals surface area (Å²) in [5.74, 6) is 0.0728. The fourth-order valence-electron chi connectivity index (χ4n) is 2.32. The van der Waals surface area contributed by atoms with Gasteiger partial charge in [0, 0.05) is 0 Å². The van der Waals surface area contributed by atoms with Crippen LogP contribution in [0.1, 0.15) is 23.1 Å². The van der Waals surface area contributed by atoms with Gasteiger partial charge in [0.05, 0.1) is 12.0 Å². The van der Waals surface area contributed by atoms with Crippen molar-refractivity contribution in [1.82, 2.24) is 5.32 Å². The van der Waals surface area contributed by atoms with Crippen molar-refractivity contribution in [3.05, 3.63) is 71.8 Å². The van der Waals surface area contributed by atoms with Gasteiger partial charge in [-0.3, -0.25) is 4.79 Å². The molecule has 1 aliphatic rings. The van der Waals surface area contributed by atoms with Crippen molar-refractivity contribution >= 4 is 5.91 Å². The molecule has 0 spiro atoms. The molecule has 2 atom stereocenters. The van der Waals surface area contributed by atoms with Crippen LogP contribution in [0.15, 0.2) is 60.7 Å². The summed E-state index contributed by atoms with van der Waals surface area (Å²) in [4.78, 5) is 11.7. The molecule has 1 heterocycles. The van der Waals surface area contributed by atoms with Crippen LogP contribution in [-0.2, 0) is 4.79 Å². The SMILES string of the molecule is O=C1N[C@H](c2ccccc2)[C@@H]1c1ccccc1. The number of β-lactam (4-membered cyclic amide) rings is 1. The second-order valence-corrected chi connectivity index (χ2v) is 4.29. The molecule has 2 nitrogen and oxygen atoms in total. The Labute approximate surface area is 100 Å². The zero-order valence-corrected chi connectivity index (χ0v) is 9.34. The first kappa shape index (κ1) is 10.1. The van der Waals surface area contributed by atoms with Crippen LogP contribution in [0.2, 0.25) is 0 Å². The minimum absolute atomic E-state index is 0.0430. The van der Waals surface area contributed by atoms with Crippen molar-refractivity contribution in [2.24, 2.45) is 0 Å². The molecule has 84 valence electrons. The molecule has 2 aromatic rings. The van der Waals surface area contributed by atoms with E-state index in [0.29, 0.717) is 0 Å². The normalized spacial score (nSPS) is 22.7. The number of carbonyl (C=O) groups is 1. The minimum Gasteiger partial charge on any atom is -0.348 e. The summed E-state index contributed by atoms with van der Waals surface area (Å²) in [6, 6.07) is 20.2. The molecule has 3 rings (SSSR count). The van der Waals surface area contributed by atoms with E-state index in [-0.39, 0.29) is 17.9 Å². The Morgan fingerprint density at radius 1 is 0.765 bits per heavy atom. The molecule has 0 aliphatic carbocycles. The number of amides is 1. The van der Waals surface area contributed by atoms with Gasteiger partial charge in [0.2, 0.25) is 5.91 Å². The topological polar surface area (TPSA) is 29.1 Å². The molecule has 1 aliphatic heterocycles. The minimum atomic E-state index is -0.0430. The van der Waals surface area contributed by atoms with Gasteiger partial charge in [0.1, 0.15) is 0 Å². The molecule has 17 heavy (non-hydrogen) atoms. The molecule has 1 N–H and O–H groups in total. The number of hydrogen-bond acceptors (Lipinski definition) is 1. The van der Waals surface area contributed by atoms with Crippen molar-refractivity contribution in [3.8, 4) is 0 Å². The third kappa shape index (κ3) is 1.72. The standard InChI is InChI=1S/C15H13NO/c17-15-13(11-7-3-1-4-8-11)14(16-15)12-9-5-2-6-10-12/h1-10,13-14H,(H,16,17)/t13-,14+/m0/s1. The van der Waals surface area contributed by atoms with Crippen LogP contribution in [0.25, 0.3) is 0 Å². The summed E-state index contributed by atoms with van der Waals surface area (Å²) in [7, 11) is 0. The van der Waals surface area contributed by atoms with E-state index < -0.39 is 0 Å². The van der Waals surface area contributed by atoms with Crippen molar-refractivity contribution in [1.29, 1.82) is 0 Å². The number of rotatable bonds is 2. The molecule has 2 aromatic carbocycles. The highest BCUT2D eigenvalue weighted by atomic mass is 16.2. The summed E-state index contributed by atoms with van der Waals surface area (Å²) in [5.41, 5.74) is 2.26. The Morgan fingerprint density at radius 3 is 1.82 bits per heavy atom. The Hall–Kier alpha value is -2.09. The Morgan fingerprint density at radius 2 is 1.29 bits per heavy atom. The predicted molar refractivity (Wildman–Crippen MR) is 66.5 cm³/mol. The molecule has 2 heteroatoms. The van der Waals surface area contributed by atoms with Gasteiger partial charge in [-0.25, -0.2) is 0 Å². The van der Waals surface area contributed by atoms with Crippen LogP contribution in [-0.4, -0.2) is 5.91 Å². The quantitative estimate of drug-likeness (QED) is 0.779. The van der Waals surface area contributed by atoms with Crippen molar-refractivity contribution in [2.45, 2.75) is 12.0 Å². The highest BCUT2D eigenvalue weighted by Gasteiger charge is 2.40. The van der Waals surface area contributed by atoms with E-state index in [4.69, 9.17) is 0 Å². The van der Waals surface area contributed by atoms with Gasteiger partial charge in [-0.2, -0.15) is 0 Å². The van der Waals surface area contributed by atoms with Crippen molar-refractivity contribution < 1.29 is 4.79 Å². The Bertz CT molecular complexity index is 521. The zero-order chi connectivity index (χ0) is 11.7. The van der Waals surface area contributed by atoms with E-state index in [2.05, 4.69) is 17.4 Å². The molecule has 0 bridgehead atoms. The summed E-state index contributed by atoms with van der Waals surface area (Å²) >= 11 is 0. The number of carbonyl (C=O) groups excluding carboxylic acids is 1. The highest BCUT2D eigenvalue weighted by Crippen LogP contribution is 2.38. The van der Waals surface area contributed by atoms with Crippen molar-refractivity contribution in [2.75, 3.05) is 0 Å². The monoisotopic (exact) mass is 223 g/mol. The first-order valence-electron chi connectivity index (χ1n) is 5.76. The largest absolute Gasteiger partial charge is 0.348 e. The van der Waals surface area contributed by atoms with Crippen LogP contribution in [0, 0.1) is 0 Å². The van der Waals surface area contributed by atoms with E-state index in [9.17, 15) is 4.79 Å². The van der Waals surface area contributed by atoms with Gasteiger partial charge in [-0.05, 0) is 11.1 Å². The van der Waals surface area contributed by atoms with Gasteiger partial charge in [-0.15, -0.1) is 0 Å². The van der Waals surface area contributed by atoms with E-state index in [1.54, 1.807) is 0 Å². The molecule has 1 fully saturated rings. The second-order valence-electron chi connectivity index (χ2n) is 4.29. The van der Waals surface area contributed by atoms with E-state index in [0.717, 1.165) is 5.56 Å². The fraction of sp³-hybridized carbons (Fsp3) is 0.133. The first-order chi connectivity index (χ1) is 8.36. The van der Waals surface area contributed by atoms with Crippen LogP contribution >= 0.6 is 0 Å². The fourth-order valence-corrected chi connectivity index (χ4v) is 2.32. The number of nitrogens with one attached hydrogen (secondary N) is 1. The van der Waals surface area contributed by atoms with Gasteiger partial charge < -0.3 is 5.32 Å². The lowest BCUT2D eigenvalue weighted by molar-refractivity contribution is -0.130. The molecular formula is C15H13NO. The van der Waals surface area contributed by atoms with Crippen LogP contribution < -0.4 is 5.32 Å². The van der Waals surface area contributed by atoms with Crippen LogP contribution in [0.5, 0.6) is 0 Å². The summed E-state index contributed by atoms with van der Waals surface area (Å²) in [6.45, 7) is 0. The molecule has 1 saturated heterocycles. The lowest BCUT2D eigenvalue weighted by Crippen LogP contribution is -2.49. The zero-order valence-electron chi connectivity index (χ0n) is 9.34. The number of hydrogen-bond donors (Lipinski definition) is 1. The molecule has 0 aromatic heterocycles. The summed E-state index contributed by atoms with van der Waals surface area (Å²) < 4.78 is 0. The van der Waals surface area contributed by atoms with Crippen LogP contribution in [0.3, 0.4) is 0 Å². The predicted octanol–water partition coefficient (Wildman–Crippen LogP) is 2.64. The molecular weight excluding hydrogens is 210 g/mol. The second kappa shape index (κ2) is 4.06. The summed E-state index contributed by atoms with van der Waals surface area (Å²) in [5, 5.41) is 2.97. The molecule has 1 amide bonds. The lowest BCUT2D eigenvalue weighted by Gasteiger charge is -2.37. The van der Waals surface area contributed by atoms with Gasteiger partial charge >= 0.3 is 0 Å². The van der Waals surface area contributed by atoms with Gasteiger partial charge in [0.25, 0.3) is 0 Å². The van der Waals surface area contributed by atoms with Gasteiger partial charge in [0.15, 0.2) is 0 Å². The van der Waals surface area contributed by atoms with E-state index in [1.807, 2.05) is 48.5 Å². The molecule has 0 unspecified atom stereocenters. The third-order valence-electron chi connectivity index (χ3n) is 3.23. The Kier molecular flexibility index (Phi) is 2.41. The van der Waals surface area contributed by atoms with E-state index in [1.165, 1.54) is 5.56 Å². The van der Waals surface area contributed by atoms with Gasteiger partial charge in [-0.1, -0.05) is 60.7 Å². The smallest absolute Gasteiger partial charge is 0.230 e. The average molecular weight is 223 g/mol. The molecule has 0 radical (unpaired) electrons. The first-order valence-corrected chi connectivity index (χ1v) is 5.76. The highest BCUT2D eigenvalue weighted by molar-refractivity contribution is 5.91. The lowest BCUT2D eigenvalue weighted by atomic mass is 9.80. The Balaban J connectivity index is 1.92.